The van der Waals surface area contributed by atoms with Gasteiger partial charge in [0.2, 0.25) is 17.5 Å². The van der Waals surface area contributed by atoms with Crippen molar-refractivity contribution in [2.45, 2.75) is 0 Å². The van der Waals surface area contributed by atoms with E-state index in [4.69, 9.17) is 9.68 Å². The van der Waals surface area contributed by atoms with E-state index >= 15 is 0 Å². The Labute approximate surface area is 104 Å². The van der Waals surface area contributed by atoms with Crippen LogP contribution in [0.1, 0.15) is 5.69 Å². The lowest BCUT2D eigenvalue weighted by Crippen LogP contribution is -1.89. The molecule has 0 fully saturated rings. The Morgan fingerprint density at radius 3 is 2.44 bits per heavy atom. The molecule has 4 heteroatoms. The summed E-state index contributed by atoms with van der Waals surface area (Å²) in [6.45, 7) is 0. The van der Waals surface area contributed by atoms with Crippen molar-refractivity contribution in [3.05, 3.63) is 60.6 Å². The molecule has 3 rings (SSSR count). The van der Waals surface area contributed by atoms with E-state index < -0.39 is 0 Å². The molecule has 0 unspecified atom stereocenters. The maximum absolute atomic E-state index is 9.09. The number of nitrogens with zero attached hydrogens (tertiary/aromatic N) is 3. The largest absolute Gasteiger partial charge is 0.418 e. The molecule has 0 spiro atoms. The van der Waals surface area contributed by atoms with Crippen molar-refractivity contribution in [2.75, 3.05) is 0 Å². The zero-order valence-electron chi connectivity index (χ0n) is 9.45. The Kier molecular flexibility index (Phi) is 2.43. The molecule has 2 aromatic heterocycles. The summed E-state index contributed by atoms with van der Waals surface area (Å²) in [5, 5.41) is 9.09. The van der Waals surface area contributed by atoms with Gasteiger partial charge in [-0.1, -0.05) is 18.2 Å². The Morgan fingerprint density at radius 1 is 1.06 bits per heavy atom. The Bertz CT molecular complexity index is 690. The van der Waals surface area contributed by atoms with Crippen molar-refractivity contribution < 1.29 is 4.42 Å². The van der Waals surface area contributed by atoms with Gasteiger partial charge in [-0.25, -0.2) is 0 Å². The van der Waals surface area contributed by atoms with E-state index in [1.54, 1.807) is 4.57 Å². The SMILES string of the molecule is N#Cc1nc(-c2ccccc2)oc1-n1cccc1. The van der Waals surface area contributed by atoms with Gasteiger partial charge in [-0.05, 0) is 24.3 Å². The second-order valence-corrected chi connectivity index (χ2v) is 3.74. The lowest BCUT2D eigenvalue weighted by Gasteiger charge is -1.96. The third-order valence-corrected chi connectivity index (χ3v) is 2.57. The molecule has 0 saturated carbocycles. The quantitative estimate of drug-likeness (QED) is 0.686. The minimum absolute atomic E-state index is 0.282. The first-order valence-corrected chi connectivity index (χ1v) is 5.48. The van der Waals surface area contributed by atoms with Crippen molar-refractivity contribution in [3.8, 4) is 23.4 Å². The molecule has 0 aliphatic heterocycles. The van der Waals surface area contributed by atoms with E-state index in [1.807, 2.05) is 60.9 Å². The molecule has 86 valence electrons. The van der Waals surface area contributed by atoms with Gasteiger partial charge in [0, 0.05) is 18.0 Å². The van der Waals surface area contributed by atoms with Crippen molar-refractivity contribution in [3.63, 3.8) is 0 Å². The molecular weight excluding hydrogens is 226 g/mol. The van der Waals surface area contributed by atoms with E-state index in [9.17, 15) is 0 Å². The van der Waals surface area contributed by atoms with Crippen LogP contribution < -0.4 is 0 Å². The van der Waals surface area contributed by atoms with Crippen LogP contribution in [-0.2, 0) is 0 Å². The first-order valence-electron chi connectivity index (χ1n) is 5.48. The number of hydrogen-bond acceptors (Lipinski definition) is 3. The van der Waals surface area contributed by atoms with Crippen molar-refractivity contribution >= 4 is 0 Å². The maximum Gasteiger partial charge on any atom is 0.243 e. The molecular formula is C14H9N3O. The van der Waals surface area contributed by atoms with Crippen molar-refractivity contribution in [2.24, 2.45) is 0 Å². The maximum atomic E-state index is 9.09. The van der Waals surface area contributed by atoms with Gasteiger partial charge in [-0.3, -0.25) is 4.57 Å². The van der Waals surface area contributed by atoms with Crippen LogP contribution in [-0.4, -0.2) is 9.55 Å². The number of aromatic nitrogens is 2. The van der Waals surface area contributed by atoms with Gasteiger partial charge in [0.1, 0.15) is 6.07 Å². The summed E-state index contributed by atoms with van der Waals surface area (Å²) in [4.78, 5) is 4.21. The zero-order valence-corrected chi connectivity index (χ0v) is 9.45. The molecule has 1 aromatic carbocycles. The van der Waals surface area contributed by atoms with E-state index in [2.05, 4.69) is 4.98 Å². The predicted octanol–water partition coefficient (Wildman–Crippen LogP) is 3.00. The van der Waals surface area contributed by atoms with Gasteiger partial charge in [0.05, 0.1) is 0 Å². The van der Waals surface area contributed by atoms with Gasteiger partial charge >= 0.3 is 0 Å². The van der Waals surface area contributed by atoms with E-state index in [0.717, 1.165) is 5.56 Å². The van der Waals surface area contributed by atoms with Crippen LogP contribution in [0.3, 0.4) is 0 Å². The molecule has 0 aliphatic carbocycles. The first kappa shape index (κ1) is 10.4. The molecule has 0 bridgehead atoms. The third-order valence-electron chi connectivity index (χ3n) is 2.57. The van der Waals surface area contributed by atoms with Crippen LogP contribution in [0, 0.1) is 11.3 Å². The second kappa shape index (κ2) is 4.22. The number of rotatable bonds is 2. The molecule has 4 nitrogen and oxygen atoms in total. The standard InChI is InChI=1S/C14H9N3O/c15-10-12-14(17-8-4-5-9-17)18-13(16-12)11-6-2-1-3-7-11/h1-9H. The summed E-state index contributed by atoms with van der Waals surface area (Å²) in [7, 11) is 0. The highest BCUT2D eigenvalue weighted by molar-refractivity contribution is 5.56. The predicted molar refractivity (Wildman–Crippen MR) is 66.0 cm³/mol. The highest BCUT2D eigenvalue weighted by Crippen LogP contribution is 2.24. The Balaban J connectivity index is 2.13. The van der Waals surface area contributed by atoms with Gasteiger partial charge < -0.3 is 4.42 Å². The summed E-state index contributed by atoms with van der Waals surface area (Å²) >= 11 is 0. The van der Waals surface area contributed by atoms with Crippen LogP contribution in [0.5, 0.6) is 0 Å². The normalized spacial score (nSPS) is 10.2. The molecule has 3 aromatic rings. The minimum Gasteiger partial charge on any atom is -0.418 e. The first-order chi connectivity index (χ1) is 8.88. The van der Waals surface area contributed by atoms with Gasteiger partial charge in [0.15, 0.2) is 0 Å². The van der Waals surface area contributed by atoms with E-state index in [1.165, 1.54) is 0 Å². The number of benzene rings is 1. The lowest BCUT2D eigenvalue weighted by molar-refractivity contribution is 0.546. The van der Waals surface area contributed by atoms with Crippen molar-refractivity contribution in [1.29, 1.82) is 5.26 Å². The molecule has 0 N–H and O–H groups in total. The molecule has 0 radical (unpaired) electrons. The summed E-state index contributed by atoms with van der Waals surface area (Å²) in [5.41, 5.74) is 1.14. The van der Waals surface area contributed by atoms with Crippen LogP contribution in [0.15, 0.2) is 59.3 Å². The molecule has 18 heavy (non-hydrogen) atoms. The fourth-order valence-corrected chi connectivity index (χ4v) is 1.73. The van der Waals surface area contributed by atoms with Gasteiger partial charge in [-0.2, -0.15) is 10.2 Å². The molecule has 0 amide bonds. The average Bonchev–Trinajstić information content (AvgIpc) is 3.08. The van der Waals surface area contributed by atoms with Crippen LogP contribution in [0.2, 0.25) is 0 Å². The molecule has 0 atom stereocenters. The summed E-state index contributed by atoms with van der Waals surface area (Å²) < 4.78 is 7.40. The minimum atomic E-state index is 0.282. The van der Waals surface area contributed by atoms with Crippen molar-refractivity contribution in [1.82, 2.24) is 9.55 Å². The van der Waals surface area contributed by atoms with Gasteiger partial charge in [0.25, 0.3) is 0 Å². The Hall–Kier alpha value is -2.80. The Morgan fingerprint density at radius 2 is 1.78 bits per heavy atom. The van der Waals surface area contributed by atoms with Crippen LogP contribution in [0.4, 0.5) is 0 Å². The summed E-state index contributed by atoms with van der Waals surface area (Å²) in [6, 6.07) is 15.3. The number of oxazole rings is 1. The van der Waals surface area contributed by atoms with Gasteiger partial charge in [-0.15, -0.1) is 0 Å². The lowest BCUT2D eigenvalue weighted by atomic mass is 10.2. The third kappa shape index (κ3) is 1.68. The topological polar surface area (TPSA) is 54.8 Å². The van der Waals surface area contributed by atoms with Crippen LogP contribution >= 0.6 is 0 Å². The number of hydrogen-bond donors (Lipinski definition) is 0. The molecule has 0 aliphatic rings. The molecule has 2 heterocycles. The monoisotopic (exact) mass is 235 g/mol. The fourth-order valence-electron chi connectivity index (χ4n) is 1.73. The van der Waals surface area contributed by atoms with E-state index in [0.29, 0.717) is 11.8 Å². The highest BCUT2D eigenvalue weighted by atomic mass is 16.4. The average molecular weight is 235 g/mol. The highest BCUT2D eigenvalue weighted by Gasteiger charge is 2.15. The summed E-state index contributed by atoms with van der Waals surface area (Å²) in [6.07, 6.45) is 3.63. The van der Waals surface area contributed by atoms with Crippen LogP contribution in [0.25, 0.3) is 17.3 Å². The fraction of sp³-hybridized carbons (Fsp3) is 0. The summed E-state index contributed by atoms with van der Waals surface area (Å²) in [5.74, 6) is 0.900. The molecule has 0 saturated heterocycles. The number of nitriles is 1. The van der Waals surface area contributed by atoms with E-state index in [-0.39, 0.29) is 5.69 Å². The smallest absolute Gasteiger partial charge is 0.243 e. The second-order valence-electron chi connectivity index (χ2n) is 3.74. The zero-order chi connectivity index (χ0) is 12.4.